The van der Waals surface area contributed by atoms with E-state index in [4.69, 9.17) is 4.42 Å². The predicted octanol–water partition coefficient (Wildman–Crippen LogP) is 3.92. The fourth-order valence-electron chi connectivity index (χ4n) is 2.42. The number of thioether (sulfide) groups is 1. The minimum absolute atomic E-state index is 0.301. The smallest absolute Gasteiger partial charge is 0.336 e. The highest BCUT2D eigenvalue weighted by molar-refractivity contribution is 7.98. The van der Waals surface area contributed by atoms with Crippen LogP contribution in [0.25, 0.3) is 11.0 Å². The zero-order chi connectivity index (χ0) is 15.7. The number of imidazole rings is 1. The minimum atomic E-state index is -0.301. The summed E-state index contributed by atoms with van der Waals surface area (Å²) in [4.78, 5) is 16.1. The first-order valence-corrected chi connectivity index (χ1v) is 8.25. The van der Waals surface area contributed by atoms with Crippen molar-refractivity contribution in [1.82, 2.24) is 9.55 Å². The molecule has 0 fully saturated rings. The molecular formula is C17H18N2O2S. The van der Waals surface area contributed by atoms with Crippen molar-refractivity contribution in [2.45, 2.75) is 38.2 Å². The van der Waals surface area contributed by atoms with Gasteiger partial charge in [0.2, 0.25) is 0 Å². The molecular weight excluding hydrogens is 296 g/mol. The number of hydrogen-bond donors (Lipinski definition) is 0. The molecule has 0 saturated heterocycles. The Balaban J connectivity index is 1.99. The fraction of sp³-hybridized carbons (Fsp3) is 0.294. The lowest BCUT2D eigenvalue weighted by molar-refractivity contribution is 0.559. The average molecular weight is 314 g/mol. The summed E-state index contributed by atoms with van der Waals surface area (Å²) in [6.07, 6.45) is 3.77. The van der Waals surface area contributed by atoms with Gasteiger partial charge in [0.25, 0.3) is 0 Å². The van der Waals surface area contributed by atoms with Crippen molar-refractivity contribution in [3.63, 3.8) is 0 Å². The van der Waals surface area contributed by atoms with E-state index in [2.05, 4.69) is 29.5 Å². The van der Waals surface area contributed by atoms with Crippen LogP contribution in [0, 0.1) is 13.8 Å². The summed E-state index contributed by atoms with van der Waals surface area (Å²) in [6, 6.07) is 5.62. The second kappa shape index (κ2) is 6.01. The molecule has 4 nitrogen and oxygen atoms in total. The van der Waals surface area contributed by atoms with E-state index in [9.17, 15) is 4.79 Å². The second-order valence-corrected chi connectivity index (χ2v) is 6.25. The van der Waals surface area contributed by atoms with Crippen LogP contribution in [0.2, 0.25) is 0 Å². The van der Waals surface area contributed by atoms with E-state index in [1.807, 2.05) is 19.2 Å². The van der Waals surface area contributed by atoms with Crippen LogP contribution < -0.4 is 5.63 Å². The van der Waals surface area contributed by atoms with Gasteiger partial charge in [0, 0.05) is 36.1 Å². The van der Waals surface area contributed by atoms with Gasteiger partial charge >= 0.3 is 5.63 Å². The Morgan fingerprint density at radius 1 is 1.23 bits per heavy atom. The van der Waals surface area contributed by atoms with Crippen molar-refractivity contribution >= 4 is 22.7 Å². The average Bonchev–Trinajstić information content (AvgIpc) is 2.94. The monoisotopic (exact) mass is 314 g/mol. The van der Waals surface area contributed by atoms with Crippen molar-refractivity contribution < 1.29 is 4.42 Å². The third kappa shape index (κ3) is 2.81. The molecule has 0 saturated carbocycles. The summed E-state index contributed by atoms with van der Waals surface area (Å²) in [7, 11) is 0. The Morgan fingerprint density at radius 2 is 2.00 bits per heavy atom. The van der Waals surface area contributed by atoms with E-state index in [1.54, 1.807) is 24.0 Å². The molecule has 0 aliphatic rings. The highest BCUT2D eigenvalue weighted by Gasteiger charge is 2.10. The van der Waals surface area contributed by atoms with Crippen molar-refractivity contribution in [2.24, 2.45) is 0 Å². The zero-order valence-corrected chi connectivity index (χ0v) is 13.7. The van der Waals surface area contributed by atoms with Crippen LogP contribution in [0.1, 0.15) is 23.6 Å². The molecule has 2 aromatic heterocycles. The third-order valence-electron chi connectivity index (χ3n) is 3.82. The van der Waals surface area contributed by atoms with Crippen molar-refractivity contribution in [1.29, 1.82) is 0 Å². The quantitative estimate of drug-likeness (QED) is 0.541. The van der Waals surface area contributed by atoms with E-state index >= 15 is 0 Å². The number of aryl methyl sites for hydroxylation is 3. The maximum atomic E-state index is 11.8. The Labute approximate surface area is 133 Å². The number of hydrogen-bond acceptors (Lipinski definition) is 4. The molecule has 3 rings (SSSR count). The molecule has 114 valence electrons. The molecule has 0 aliphatic carbocycles. The molecule has 0 bridgehead atoms. The molecule has 22 heavy (non-hydrogen) atoms. The molecule has 0 unspecified atom stereocenters. The van der Waals surface area contributed by atoms with Gasteiger partial charge in [0.05, 0.1) is 0 Å². The maximum absolute atomic E-state index is 11.8. The lowest BCUT2D eigenvalue weighted by Gasteiger charge is -2.08. The molecule has 3 aromatic rings. The van der Waals surface area contributed by atoms with Gasteiger partial charge in [-0.2, -0.15) is 0 Å². The largest absolute Gasteiger partial charge is 0.423 e. The van der Waals surface area contributed by atoms with Crippen LogP contribution in [0.5, 0.6) is 0 Å². The molecule has 5 heteroatoms. The lowest BCUT2D eigenvalue weighted by atomic mass is 10.0. The Morgan fingerprint density at radius 3 is 2.77 bits per heavy atom. The van der Waals surface area contributed by atoms with E-state index in [1.165, 1.54) is 5.56 Å². The summed E-state index contributed by atoms with van der Waals surface area (Å²) >= 11 is 1.64. The Hall–Kier alpha value is -2.01. The summed E-state index contributed by atoms with van der Waals surface area (Å²) < 4.78 is 7.43. The van der Waals surface area contributed by atoms with Gasteiger partial charge in [-0.05, 0) is 49.6 Å². The minimum Gasteiger partial charge on any atom is -0.423 e. The van der Waals surface area contributed by atoms with Gasteiger partial charge in [-0.1, -0.05) is 11.8 Å². The van der Waals surface area contributed by atoms with Crippen LogP contribution in [-0.4, -0.2) is 9.55 Å². The van der Waals surface area contributed by atoms with Gasteiger partial charge in [0.15, 0.2) is 5.16 Å². The number of aromatic nitrogens is 2. The first kappa shape index (κ1) is 14.9. The standard InChI is InChI=1S/C17H18N2O2S/c1-4-19-6-5-18-17(19)22-10-13-9-16(20)21-15-8-12(3)11(2)7-14(13)15/h5-9H,4,10H2,1-3H3. The summed E-state index contributed by atoms with van der Waals surface area (Å²) in [5.74, 6) is 0.696. The number of nitrogens with zero attached hydrogens (tertiary/aromatic N) is 2. The number of fused-ring (bicyclic) bond motifs is 1. The summed E-state index contributed by atoms with van der Waals surface area (Å²) in [6.45, 7) is 7.07. The van der Waals surface area contributed by atoms with Crippen LogP contribution in [0.4, 0.5) is 0 Å². The van der Waals surface area contributed by atoms with Crippen molar-refractivity contribution in [3.8, 4) is 0 Å². The molecule has 0 radical (unpaired) electrons. The molecule has 0 amide bonds. The highest BCUT2D eigenvalue weighted by atomic mass is 32.2. The number of rotatable bonds is 4. The Kier molecular flexibility index (Phi) is 4.07. The molecule has 2 heterocycles. The van der Waals surface area contributed by atoms with Gasteiger partial charge in [-0.15, -0.1) is 0 Å². The van der Waals surface area contributed by atoms with E-state index in [0.29, 0.717) is 11.3 Å². The first-order chi connectivity index (χ1) is 10.6. The molecule has 0 N–H and O–H groups in total. The third-order valence-corrected chi connectivity index (χ3v) is 4.87. The lowest BCUT2D eigenvalue weighted by Crippen LogP contribution is -2.01. The summed E-state index contributed by atoms with van der Waals surface area (Å²) in [5.41, 5.74) is 3.67. The van der Waals surface area contributed by atoms with Crippen LogP contribution >= 0.6 is 11.8 Å². The Bertz CT molecular complexity index is 880. The van der Waals surface area contributed by atoms with E-state index in [0.717, 1.165) is 28.2 Å². The van der Waals surface area contributed by atoms with Crippen molar-refractivity contribution in [3.05, 3.63) is 57.7 Å². The topological polar surface area (TPSA) is 48.0 Å². The van der Waals surface area contributed by atoms with Gasteiger partial charge < -0.3 is 8.98 Å². The van der Waals surface area contributed by atoms with Gasteiger partial charge in [-0.25, -0.2) is 9.78 Å². The first-order valence-electron chi connectivity index (χ1n) is 7.26. The van der Waals surface area contributed by atoms with Crippen molar-refractivity contribution in [2.75, 3.05) is 0 Å². The highest BCUT2D eigenvalue weighted by Crippen LogP contribution is 2.27. The SMILES string of the molecule is CCn1ccnc1SCc1cc(=O)oc2cc(C)c(C)cc12. The van der Waals surface area contributed by atoms with E-state index in [-0.39, 0.29) is 5.63 Å². The fourth-order valence-corrected chi connectivity index (χ4v) is 3.44. The molecule has 1 aromatic carbocycles. The molecule has 0 spiro atoms. The predicted molar refractivity (Wildman–Crippen MR) is 89.4 cm³/mol. The number of benzene rings is 1. The molecule has 0 aliphatic heterocycles. The zero-order valence-electron chi connectivity index (χ0n) is 12.9. The second-order valence-electron chi connectivity index (χ2n) is 5.31. The van der Waals surface area contributed by atoms with Crippen LogP contribution in [0.15, 0.2) is 45.0 Å². The van der Waals surface area contributed by atoms with Crippen LogP contribution in [-0.2, 0) is 12.3 Å². The van der Waals surface area contributed by atoms with Gasteiger partial charge in [0.1, 0.15) is 5.58 Å². The van der Waals surface area contributed by atoms with E-state index < -0.39 is 0 Å². The van der Waals surface area contributed by atoms with Crippen LogP contribution in [0.3, 0.4) is 0 Å². The normalized spacial score (nSPS) is 11.2. The molecule has 0 atom stereocenters. The summed E-state index contributed by atoms with van der Waals surface area (Å²) in [5, 5.41) is 1.97. The van der Waals surface area contributed by atoms with Gasteiger partial charge in [-0.3, -0.25) is 0 Å². The maximum Gasteiger partial charge on any atom is 0.336 e.